The van der Waals surface area contributed by atoms with Crippen molar-refractivity contribution in [2.45, 2.75) is 50.5 Å². The van der Waals surface area contributed by atoms with Crippen molar-refractivity contribution in [2.24, 2.45) is 17.6 Å². The van der Waals surface area contributed by atoms with Gasteiger partial charge in [-0.1, -0.05) is 6.07 Å². The molecule has 3 N–H and O–H groups in total. The number of hydrogen-bond donors (Lipinski definition) is 2. The number of amides is 2. The van der Waals surface area contributed by atoms with Crippen LogP contribution in [0.3, 0.4) is 0 Å². The van der Waals surface area contributed by atoms with E-state index >= 15 is 0 Å². The number of hydrogen-bond acceptors (Lipinski definition) is 4. The van der Waals surface area contributed by atoms with E-state index in [2.05, 4.69) is 10.3 Å². The predicted octanol–water partition coefficient (Wildman–Crippen LogP) is 1.74. The molecule has 3 aliphatic carbocycles. The lowest BCUT2D eigenvalue weighted by molar-refractivity contribution is -0.120. The highest BCUT2D eigenvalue weighted by Crippen LogP contribution is 2.42. The van der Waals surface area contributed by atoms with E-state index in [1.165, 1.54) is 12.8 Å². The van der Waals surface area contributed by atoms with E-state index in [0.29, 0.717) is 30.0 Å². The molecule has 6 heteroatoms. The van der Waals surface area contributed by atoms with E-state index in [9.17, 15) is 9.59 Å². The van der Waals surface area contributed by atoms with Crippen molar-refractivity contribution >= 4 is 11.8 Å². The van der Waals surface area contributed by atoms with Crippen LogP contribution in [0, 0.1) is 11.8 Å². The van der Waals surface area contributed by atoms with Crippen LogP contribution in [0.2, 0.25) is 0 Å². The van der Waals surface area contributed by atoms with E-state index in [0.717, 1.165) is 31.2 Å². The third-order valence-corrected chi connectivity index (χ3v) is 4.98. The minimum Gasteiger partial charge on any atom is -0.477 e. The molecular weight excluding hydrogens is 306 g/mol. The summed E-state index contributed by atoms with van der Waals surface area (Å²) < 4.78 is 5.71. The topological polar surface area (TPSA) is 94.3 Å². The number of nitrogens with zero attached hydrogens (tertiary/aromatic N) is 1. The molecule has 0 spiro atoms. The van der Waals surface area contributed by atoms with Crippen LogP contribution in [-0.4, -0.2) is 29.4 Å². The minimum absolute atomic E-state index is 0.171. The third kappa shape index (κ3) is 3.52. The lowest BCUT2D eigenvalue weighted by Gasteiger charge is -2.16. The highest BCUT2D eigenvalue weighted by molar-refractivity contribution is 5.97. The van der Waals surface area contributed by atoms with Crippen molar-refractivity contribution in [3.05, 3.63) is 23.4 Å². The summed E-state index contributed by atoms with van der Waals surface area (Å²) in [5.74, 6) is 0.887. The molecule has 1 unspecified atom stereocenters. The standard InChI is InChI=1S/C18H23N3O3/c19-17(22)15(12-5-6-12)21-18(23)16-13(11-3-4-11)7-8-14(20-16)24-9-10-1-2-10/h7-8,10-12,15H,1-6,9H2,(H2,19,22)(H,21,23). The maximum absolute atomic E-state index is 12.7. The number of pyridine rings is 1. The molecule has 0 radical (unpaired) electrons. The van der Waals surface area contributed by atoms with Crippen molar-refractivity contribution in [3.63, 3.8) is 0 Å². The van der Waals surface area contributed by atoms with Gasteiger partial charge >= 0.3 is 0 Å². The first-order chi connectivity index (χ1) is 11.6. The van der Waals surface area contributed by atoms with E-state index in [-0.39, 0.29) is 11.8 Å². The molecule has 128 valence electrons. The van der Waals surface area contributed by atoms with Gasteiger partial charge in [-0.25, -0.2) is 4.98 Å². The highest BCUT2D eigenvalue weighted by Gasteiger charge is 2.37. The monoisotopic (exact) mass is 329 g/mol. The third-order valence-electron chi connectivity index (χ3n) is 4.98. The predicted molar refractivity (Wildman–Crippen MR) is 87.6 cm³/mol. The average Bonchev–Trinajstić information content (AvgIpc) is 3.41. The Hall–Kier alpha value is -2.11. The zero-order valence-electron chi connectivity index (χ0n) is 13.7. The minimum atomic E-state index is -0.595. The summed E-state index contributed by atoms with van der Waals surface area (Å²) in [6.45, 7) is 0.656. The Bertz CT molecular complexity index is 663. The van der Waals surface area contributed by atoms with Gasteiger partial charge in [0.25, 0.3) is 5.91 Å². The largest absolute Gasteiger partial charge is 0.477 e. The van der Waals surface area contributed by atoms with Gasteiger partial charge in [-0.2, -0.15) is 0 Å². The summed E-state index contributed by atoms with van der Waals surface area (Å²) in [6, 6.07) is 3.19. The molecule has 0 aliphatic heterocycles. The molecule has 1 aromatic rings. The van der Waals surface area contributed by atoms with Crippen LogP contribution in [0.5, 0.6) is 5.88 Å². The summed E-state index contributed by atoms with van der Waals surface area (Å²) in [6.07, 6.45) is 6.42. The maximum Gasteiger partial charge on any atom is 0.270 e. The van der Waals surface area contributed by atoms with Gasteiger partial charge in [0.1, 0.15) is 11.7 Å². The first-order valence-electron chi connectivity index (χ1n) is 8.85. The van der Waals surface area contributed by atoms with E-state index in [4.69, 9.17) is 10.5 Å². The molecule has 1 aromatic heterocycles. The van der Waals surface area contributed by atoms with Crippen molar-refractivity contribution in [2.75, 3.05) is 6.61 Å². The second kappa shape index (κ2) is 6.07. The van der Waals surface area contributed by atoms with Crippen LogP contribution in [0.4, 0.5) is 0 Å². The number of primary amides is 1. The van der Waals surface area contributed by atoms with Crippen molar-refractivity contribution in [1.29, 1.82) is 0 Å². The fourth-order valence-electron chi connectivity index (χ4n) is 2.99. The number of carbonyl (C=O) groups is 2. The number of nitrogens with two attached hydrogens (primary N) is 1. The molecule has 3 fully saturated rings. The Morgan fingerprint density at radius 1 is 1.21 bits per heavy atom. The van der Waals surface area contributed by atoms with Crippen molar-refractivity contribution in [1.82, 2.24) is 10.3 Å². The zero-order valence-corrected chi connectivity index (χ0v) is 13.7. The van der Waals surface area contributed by atoms with E-state index in [1.807, 2.05) is 12.1 Å². The van der Waals surface area contributed by atoms with E-state index < -0.39 is 11.9 Å². The Balaban J connectivity index is 1.52. The summed E-state index contributed by atoms with van der Waals surface area (Å²) in [5.41, 5.74) is 6.77. The number of ether oxygens (including phenoxy) is 1. The Labute approximate surface area is 141 Å². The molecule has 1 atom stereocenters. The summed E-state index contributed by atoms with van der Waals surface area (Å²) in [5, 5.41) is 2.79. The smallest absolute Gasteiger partial charge is 0.270 e. The molecule has 6 nitrogen and oxygen atoms in total. The van der Waals surface area contributed by atoms with Gasteiger partial charge in [-0.05, 0) is 61.8 Å². The molecule has 24 heavy (non-hydrogen) atoms. The molecule has 2 amide bonds. The summed E-state index contributed by atoms with van der Waals surface area (Å²) in [4.78, 5) is 28.7. The number of aromatic nitrogens is 1. The molecule has 0 aromatic carbocycles. The average molecular weight is 329 g/mol. The fourth-order valence-corrected chi connectivity index (χ4v) is 2.99. The van der Waals surface area contributed by atoms with Gasteiger partial charge in [0.15, 0.2) is 0 Å². The molecule has 3 saturated carbocycles. The molecular formula is C18H23N3O3. The van der Waals surface area contributed by atoms with Crippen LogP contribution in [0.1, 0.15) is 60.5 Å². The van der Waals surface area contributed by atoms with Gasteiger partial charge in [0.05, 0.1) is 6.61 Å². The number of carbonyl (C=O) groups excluding carboxylic acids is 2. The maximum atomic E-state index is 12.7. The first-order valence-corrected chi connectivity index (χ1v) is 8.85. The molecule has 3 aliphatic rings. The second-order valence-corrected chi connectivity index (χ2v) is 7.31. The normalized spacial score (nSPS) is 21.2. The van der Waals surface area contributed by atoms with Crippen LogP contribution >= 0.6 is 0 Å². The molecule has 0 saturated heterocycles. The highest BCUT2D eigenvalue weighted by atomic mass is 16.5. The first kappa shape index (κ1) is 15.4. The lowest BCUT2D eigenvalue weighted by atomic mass is 10.1. The Kier molecular flexibility index (Phi) is 3.90. The Morgan fingerprint density at radius 3 is 2.54 bits per heavy atom. The van der Waals surface area contributed by atoms with Crippen LogP contribution < -0.4 is 15.8 Å². The lowest BCUT2D eigenvalue weighted by Crippen LogP contribution is -2.46. The van der Waals surface area contributed by atoms with E-state index in [1.54, 1.807) is 0 Å². The zero-order chi connectivity index (χ0) is 16.7. The molecule has 4 rings (SSSR count). The second-order valence-electron chi connectivity index (χ2n) is 7.31. The fraction of sp³-hybridized carbons (Fsp3) is 0.611. The van der Waals surface area contributed by atoms with Crippen LogP contribution in [-0.2, 0) is 4.79 Å². The molecule has 0 bridgehead atoms. The van der Waals surface area contributed by atoms with Crippen LogP contribution in [0.15, 0.2) is 12.1 Å². The quantitative estimate of drug-likeness (QED) is 0.759. The number of rotatable bonds is 8. The van der Waals surface area contributed by atoms with Gasteiger partial charge < -0.3 is 15.8 Å². The van der Waals surface area contributed by atoms with Gasteiger partial charge in [-0.3, -0.25) is 9.59 Å². The van der Waals surface area contributed by atoms with Gasteiger partial charge in [0.2, 0.25) is 11.8 Å². The van der Waals surface area contributed by atoms with Gasteiger partial charge in [0, 0.05) is 6.07 Å². The SMILES string of the molecule is NC(=O)C(NC(=O)c1nc(OCC2CC2)ccc1C1CC1)C1CC1. The Morgan fingerprint density at radius 2 is 1.96 bits per heavy atom. The molecule has 1 heterocycles. The summed E-state index contributed by atoms with van der Waals surface area (Å²) in [7, 11) is 0. The van der Waals surface area contributed by atoms with Crippen LogP contribution in [0.25, 0.3) is 0 Å². The van der Waals surface area contributed by atoms with Crippen molar-refractivity contribution in [3.8, 4) is 5.88 Å². The van der Waals surface area contributed by atoms with Crippen molar-refractivity contribution < 1.29 is 14.3 Å². The summed E-state index contributed by atoms with van der Waals surface area (Å²) >= 11 is 0. The van der Waals surface area contributed by atoms with Gasteiger partial charge in [-0.15, -0.1) is 0 Å². The number of nitrogens with one attached hydrogen (secondary N) is 1.